The molecule has 7 heteroatoms. The molecule has 128 valence electrons. The number of amides is 1. The van der Waals surface area contributed by atoms with E-state index in [0.29, 0.717) is 27.8 Å². The monoisotopic (exact) mass is 411 g/mol. The lowest BCUT2D eigenvalue weighted by Gasteiger charge is -2.18. The van der Waals surface area contributed by atoms with Crippen molar-refractivity contribution >= 4 is 44.1 Å². The van der Waals surface area contributed by atoms with Crippen molar-refractivity contribution in [3.63, 3.8) is 0 Å². The summed E-state index contributed by atoms with van der Waals surface area (Å²) >= 11 is 4.64. The first-order chi connectivity index (χ1) is 11.5. The van der Waals surface area contributed by atoms with Gasteiger partial charge in [-0.3, -0.25) is 4.79 Å². The fourth-order valence-corrected chi connectivity index (χ4v) is 4.40. The largest absolute Gasteiger partial charge is 0.462 e. The third-order valence-corrected chi connectivity index (χ3v) is 5.64. The van der Waals surface area contributed by atoms with E-state index in [1.807, 2.05) is 0 Å². The molecule has 0 saturated heterocycles. The highest BCUT2D eigenvalue weighted by molar-refractivity contribution is 9.10. The number of hydrogen-bond acceptors (Lipinski definition) is 5. The molecule has 1 amide bonds. The fourth-order valence-electron chi connectivity index (χ4n) is 2.87. The molecule has 0 spiro atoms. The van der Waals surface area contributed by atoms with Crippen LogP contribution < -0.4 is 5.32 Å². The Morgan fingerprint density at radius 1 is 1.46 bits per heavy atom. The SMILES string of the molecule is CCOC(=O)c1c(NC(=O)c2ccc(Br)o2)sc2c1C[C@H](C)CC2. The number of furan rings is 1. The molecule has 1 aliphatic rings. The Hall–Kier alpha value is -1.60. The Balaban J connectivity index is 1.94. The molecule has 0 fully saturated rings. The second-order valence-corrected chi connectivity index (χ2v) is 7.72. The summed E-state index contributed by atoms with van der Waals surface area (Å²) in [5.74, 6) is -0.0424. The fraction of sp³-hybridized carbons (Fsp3) is 0.412. The average Bonchev–Trinajstić information content (AvgIpc) is 3.10. The molecule has 1 N–H and O–H groups in total. The number of anilines is 1. The molecule has 24 heavy (non-hydrogen) atoms. The van der Waals surface area contributed by atoms with Gasteiger partial charge >= 0.3 is 5.97 Å². The number of hydrogen-bond donors (Lipinski definition) is 1. The third-order valence-electron chi connectivity index (χ3n) is 4.01. The molecule has 1 aliphatic carbocycles. The van der Waals surface area contributed by atoms with Gasteiger partial charge in [0.05, 0.1) is 12.2 Å². The summed E-state index contributed by atoms with van der Waals surface area (Å²) in [4.78, 5) is 26.0. The van der Waals surface area contributed by atoms with Crippen molar-refractivity contribution in [2.45, 2.75) is 33.1 Å². The van der Waals surface area contributed by atoms with Crippen LogP contribution in [0.4, 0.5) is 5.00 Å². The molecule has 0 radical (unpaired) electrons. The van der Waals surface area contributed by atoms with E-state index in [9.17, 15) is 9.59 Å². The van der Waals surface area contributed by atoms with Gasteiger partial charge in [-0.2, -0.15) is 0 Å². The standard InChI is InChI=1S/C17H18BrNO4S/c1-3-22-17(21)14-10-8-9(2)4-6-12(10)24-16(14)19-15(20)11-5-7-13(18)23-11/h5,7,9H,3-4,6,8H2,1-2H3,(H,19,20)/t9-/m1/s1. The van der Waals surface area contributed by atoms with E-state index in [1.165, 1.54) is 11.3 Å². The predicted molar refractivity (Wildman–Crippen MR) is 95.8 cm³/mol. The van der Waals surface area contributed by atoms with Crippen LogP contribution in [-0.2, 0) is 17.6 Å². The maximum atomic E-state index is 12.4. The maximum absolute atomic E-state index is 12.4. The molecular weight excluding hydrogens is 394 g/mol. The average molecular weight is 412 g/mol. The Bertz CT molecular complexity index is 780. The number of ether oxygens (including phenoxy) is 1. The van der Waals surface area contributed by atoms with Crippen LogP contribution in [0.1, 0.15) is 51.6 Å². The van der Waals surface area contributed by atoms with Gasteiger partial charge < -0.3 is 14.5 Å². The smallest absolute Gasteiger partial charge is 0.341 e. The molecule has 5 nitrogen and oxygen atoms in total. The number of carbonyl (C=O) groups is 2. The molecule has 3 rings (SSSR count). The minimum Gasteiger partial charge on any atom is -0.462 e. The van der Waals surface area contributed by atoms with Crippen LogP contribution in [0.3, 0.4) is 0 Å². The lowest BCUT2D eigenvalue weighted by Crippen LogP contribution is -2.17. The van der Waals surface area contributed by atoms with E-state index in [0.717, 1.165) is 29.7 Å². The molecule has 2 aromatic rings. The Morgan fingerprint density at radius 2 is 2.25 bits per heavy atom. The zero-order valence-corrected chi connectivity index (χ0v) is 15.9. The second-order valence-electron chi connectivity index (χ2n) is 5.83. The zero-order valence-electron chi connectivity index (χ0n) is 13.5. The summed E-state index contributed by atoms with van der Waals surface area (Å²) in [5, 5.41) is 3.36. The normalized spacial score (nSPS) is 16.5. The van der Waals surface area contributed by atoms with Crippen molar-refractivity contribution < 1.29 is 18.7 Å². The summed E-state index contributed by atoms with van der Waals surface area (Å²) in [6.45, 7) is 4.25. The molecule has 0 bridgehead atoms. The summed E-state index contributed by atoms with van der Waals surface area (Å²) in [6.07, 6.45) is 2.85. The summed E-state index contributed by atoms with van der Waals surface area (Å²) < 4.78 is 11.0. The van der Waals surface area contributed by atoms with E-state index in [1.54, 1.807) is 19.1 Å². The Labute approximate surface area is 152 Å². The maximum Gasteiger partial charge on any atom is 0.341 e. The highest BCUT2D eigenvalue weighted by Crippen LogP contribution is 2.40. The quantitative estimate of drug-likeness (QED) is 0.742. The first kappa shape index (κ1) is 17.2. The lowest BCUT2D eigenvalue weighted by atomic mass is 9.88. The van der Waals surface area contributed by atoms with Gasteiger partial charge in [0.15, 0.2) is 10.4 Å². The number of aryl methyl sites for hydroxylation is 1. The van der Waals surface area contributed by atoms with Gasteiger partial charge in [-0.25, -0.2) is 4.79 Å². The number of esters is 1. The molecule has 1 atom stereocenters. The van der Waals surface area contributed by atoms with Gasteiger partial charge in [-0.05, 0) is 65.7 Å². The number of rotatable bonds is 4. The van der Waals surface area contributed by atoms with Crippen molar-refractivity contribution in [3.8, 4) is 0 Å². The van der Waals surface area contributed by atoms with Gasteiger partial charge in [0, 0.05) is 4.88 Å². The number of thiophene rings is 1. The third kappa shape index (κ3) is 3.42. The number of carbonyl (C=O) groups excluding carboxylic acids is 2. The minimum absolute atomic E-state index is 0.191. The molecule has 0 aromatic carbocycles. The van der Waals surface area contributed by atoms with Crippen LogP contribution in [0.5, 0.6) is 0 Å². The van der Waals surface area contributed by atoms with Gasteiger partial charge in [-0.1, -0.05) is 6.92 Å². The van der Waals surface area contributed by atoms with Crippen LogP contribution in [0, 0.1) is 5.92 Å². The van der Waals surface area contributed by atoms with E-state index >= 15 is 0 Å². The second kappa shape index (κ2) is 7.11. The van der Waals surface area contributed by atoms with Gasteiger partial charge in [0.25, 0.3) is 5.91 Å². The predicted octanol–water partition coefficient (Wildman–Crippen LogP) is 4.66. The van der Waals surface area contributed by atoms with Crippen LogP contribution >= 0.6 is 27.3 Å². The summed E-state index contributed by atoms with van der Waals surface area (Å²) in [6, 6.07) is 3.24. The van der Waals surface area contributed by atoms with E-state index in [4.69, 9.17) is 9.15 Å². The highest BCUT2D eigenvalue weighted by Gasteiger charge is 2.29. The van der Waals surface area contributed by atoms with Crippen LogP contribution in [-0.4, -0.2) is 18.5 Å². The van der Waals surface area contributed by atoms with Crippen molar-refractivity contribution in [3.05, 3.63) is 38.6 Å². The van der Waals surface area contributed by atoms with Crippen molar-refractivity contribution in [1.29, 1.82) is 0 Å². The van der Waals surface area contributed by atoms with Crippen LogP contribution in [0.2, 0.25) is 0 Å². The lowest BCUT2D eigenvalue weighted by molar-refractivity contribution is 0.0526. The minimum atomic E-state index is -0.377. The molecule has 2 aromatic heterocycles. The summed E-state index contributed by atoms with van der Waals surface area (Å²) in [5.41, 5.74) is 1.52. The number of halogens is 1. The highest BCUT2D eigenvalue weighted by atomic mass is 79.9. The van der Waals surface area contributed by atoms with E-state index < -0.39 is 0 Å². The Morgan fingerprint density at radius 3 is 2.92 bits per heavy atom. The number of nitrogens with one attached hydrogen (secondary N) is 1. The van der Waals surface area contributed by atoms with Crippen molar-refractivity contribution in [2.24, 2.45) is 5.92 Å². The van der Waals surface area contributed by atoms with Crippen molar-refractivity contribution in [2.75, 3.05) is 11.9 Å². The first-order valence-electron chi connectivity index (χ1n) is 7.88. The van der Waals surface area contributed by atoms with Gasteiger partial charge in [0.2, 0.25) is 0 Å². The Kier molecular flexibility index (Phi) is 5.10. The molecule has 0 saturated carbocycles. The molecule has 2 heterocycles. The van der Waals surface area contributed by atoms with E-state index in [2.05, 4.69) is 28.2 Å². The van der Waals surface area contributed by atoms with Gasteiger partial charge in [0.1, 0.15) is 5.00 Å². The zero-order chi connectivity index (χ0) is 17.3. The summed E-state index contributed by atoms with van der Waals surface area (Å²) in [7, 11) is 0. The molecule has 0 aliphatic heterocycles. The first-order valence-corrected chi connectivity index (χ1v) is 9.48. The van der Waals surface area contributed by atoms with Crippen molar-refractivity contribution in [1.82, 2.24) is 0 Å². The van der Waals surface area contributed by atoms with E-state index in [-0.39, 0.29) is 17.6 Å². The molecular formula is C17H18BrNO4S. The van der Waals surface area contributed by atoms with Crippen LogP contribution in [0.15, 0.2) is 21.2 Å². The molecule has 0 unspecified atom stereocenters. The number of fused-ring (bicyclic) bond motifs is 1. The van der Waals surface area contributed by atoms with Gasteiger partial charge in [-0.15, -0.1) is 11.3 Å². The topological polar surface area (TPSA) is 68.5 Å². The van der Waals surface area contributed by atoms with Crippen LogP contribution in [0.25, 0.3) is 0 Å².